The molecule has 0 unspecified atom stereocenters. The molecule has 5 aromatic rings. The highest BCUT2D eigenvalue weighted by Crippen LogP contribution is 2.49. The minimum Gasteiger partial charge on any atom is -0.508 e. The van der Waals surface area contributed by atoms with E-state index in [0.29, 0.717) is 0 Å². The van der Waals surface area contributed by atoms with Crippen molar-refractivity contribution in [3.8, 4) is 57.1 Å². The number of aliphatic carboxylic acids is 1. The molecule has 4 aliphatic heterocycles. The van der Waals surface area contributed by atoms with Crippen LogP contribution < -0.4 is 63.7 Å². The average molecular weight is 1450 g/mol. The van der Waals surface area contributed by atoms with Crippen LogP contribution in [-0.2, 0) is 59.0 Å². The minimum absolute atomic E-state index is 0.0624. The lowest BCUT2D eigenvalue weighted by Gasteiger charge is -2.47. The molecule has 0 saturated carbocycles. The van der Waals surface area contributed by atoms with Gasteiger partial charge in [0, 0.05) is 34.7 Å². The molecule has 101 heavy (non-hydrogen) atoms. The number of ether oxygens (including phenoxy) is 6. The van der Waals surface area contributed by atoms with E-state index in [-0.39, 0.29) is 62.6 Å². The Hall–Kier alpha value is -9.20. The molecule has 2 fully saturated rings. The molecule has 4 heterocycles. The summed E-state index contributed by atoms with van der Waals surface area (Å²) in [6.45, 7) is 5.71. The number of nitrogens with two attached hydrogens (primary N) is 4. The molecule has 6 bridgehead atoms. The number of aromatic hydroxyl groups is 3. The predicted octanol–water partition coefficient (Wildman–Crippen LogP) is 0.340. The maximum absolute atomic E-state index is 14.6. The number of aliphatic hydroxyl groups is 6. The molecule has 0 aliphatic carbocycles. The third-order valence-corrected chi connectivity index (χ3v) is 17.5. The summed E-state index contributed by atoms with van der Waals surface area (Å²) in [4.78, 5) is 107. The van der Waals surface area contributed by atoms with Gasteiger partial charge in [-0.05, 0) is 110 Å². The van der Waals surface area contributed by atoms with E-state index in [4.69, 9.17) is 74.6 Å². The van der Waals surface area contributed by atoms with Crippen LogP contribution in [0.25, 0.3) is 11.1 Å². The first kappa shape index (κ1) is 77.5. The van der Waals surface area contributed by atoms with E-state index in [2.05, 4.69) is 26.6 Å². The van der Waals surface area contributed by atoms with Crippen molar-refractivity contribution in [3.05, 3.63) is 117 Å². The SMILES string of the molecule is CN[C@H](CC(C)C)C(=O)N[C@@H](C(=O)N[C@@H](CC(N)=O)C(N)=O)[C@H](O)c1ccc(Oc2cc3cc(c2O[C@@H]2O[C@H](CO)[C@@H](O)[C@H](O)[C@H]2O[C@H]2C[C@](C)(N)[C@H](O)[C@H](C)O2)Oc2ccc(cc2Cl)[C@@H](O)CC(=O)N[C@H](C(=O)O)c2cc(O)cc(O)c2-c2cc(ccc2O)[C@H](C(N)=O)NC(=O)C3)c(Cl)c1. The summed E-state index contributed by atoms with van der Waals surface area (Å²) < 4.78 is 38.0. The number of carbonyl (C=O) groups is 8. The van der Waals surface area contributed by atoms with Crippen LogP contribution in [0.5, 0.6) is 46.0 Å². The number of carboxylic acid groups (broad SMARTS) is 1. The highest BCUT2D eigenvalue weighted by Gasteiger charge is 2.51. The molecule has 33 nitrogen and oxygen atoms in total. The molecule has 0 radical (unpaired) electrons. The third kappa shape index (κ3) is 18.5. The summed E-state index contributed by atoms with van der Waals surface area (Å²) in [5, 5.41) is 124. The van der Waals surface area contributed by atoms with Crippen LogP contribution in [0.1, 0.15) is 105 Å². The number of benzene rings is 5. The second-order valence-electron chi connectivity index (χ2n) is 25.2. The molecule has 7 amide bonds. The molecule has 35 heteroatoms. The first-order valence-corrected chi connectivity index (χ1v) is 32.1. The standard InChI is InChI=1S/C66H79Cl2N9O24/c1-25(2)12-37(73-5)62(92)77-53(63(93)74-36(60(70)90)21-46(69)83)54(86)30-8-11-42(35(68)18-30)98-44-14-27-13-43(57(44)101-65-58(56(88)55(87)45(24-78)99-65)100-49-23-66(4,72)59(89)26(3)96-49)97-41-10-7-28(17-34(41)67)39(81)22-48(85)76-52(64(94)95)33-19-31(79)20-40(82)50(33)32-16-29(6-9-38(32)80)51(61(71)91)75-47(84)15-27/h6-11,13-14,16-20,25-26,36-37,39,45,49,51-56,58-59,65,73,78-82,86-89H,12,15,21-24,72H2,1-5H3,(H2,69,83)(H2,70,90)(H2,71,91)(H,74,93)(H,75,84)(H,76,85)(H,77,92)(H,94,95)/t26-,36-,37+,39-,45+,49-,51+,52-,53+,54+,55+,56-,58+,59+,65-,66-/m0/s1. The molecular weight excluding hydrogens is 1370 g/mol. The van der Waals surface area contributed by atoms with Gasteiger partial charge in [0.1, 0.15) is 71.3 Å². The van der Waals surface area contributed by atoms with E-state index < -0.39 is 222 Å². The highest BCUT2D eigenvalue weighted by atomic mass is 35.5. The van der Waals surface area contributed by atoms with Crippen molar-refractivity contribution in [1.82, 2.24) is 26.6 Å². The average Bonchev–Trinajstić information content (AvgIpc) is 0.779. The van der Waals surface area contributed by atoms with Crippen LogP contribution >= 0.6 is 23.2 Å². The molecule has 0 aromatic heterocycles. The van der Waals surface area contributed by atoms with Gasteiger partial charge in [0.2, 0.25) is 53.4 Å². The first-order chi connectivity index (χ1) is 47.5. The summed E-state index contributed by atoms with van der Waals surface area (Å²) in [6.07, 6.45) is -19.1. The van der Waals surface area contributed by atoms with Gasteiger partial charge in [0.15, 0.2) is 29.9 Å². The van der Waals surface area contributed by atoms with E-state index in [0.717, 1.165) is 48.5 Å². The number of rotatable bonds is 21. The van der Waals surface area contributed by atoms with Crippen LogP contribution in [-0.4, -0.2) is 185 Å². The smallest absolute Gasteiger partial charge is 0.330 e. The number of halogens is 2. The van der Waals surface area contributed by atoms with Gasteiger partial charge in [-0.25, -0.2) is 4.79 Å². The van der Waals surface area contributed by atoms with Crippen LogP contribution in [0.4, 0.5) is 0 Å². The minimum atomic E-state index is -2.12. The maximum atomic E-state index is 14.6. The number of phenols is 3. The zero-order valence-corrected chi connectivity index (χ0v) is 56.3. The van der Waals surface area contributed by atoms with Crippen molar-refractivity contribution in [1.29, 1.82) is 0 Å². The Morgan fingerprint density at radius 3 is 2.09 bits per heavy atom. The highest BCUT2D eigenvalue weighted by molar-refractivity contribution is 6.32. The molecule has 2 saturated heterocycles. The number of carboxylic acids is 1. The summed E-state index contributed by atoms with van der Waals surface area (Å²) >= 11 is 13.9. The number of primary amides is 3. The van der Waals surface area contributed by atoms with E-state index in [9.17, 15) is 89.4 Å². The zero-order valence-electron chi connectivity index (χ0n) is 54.7. The van der Waals surface area contributed by atoms with Gasteiger partial charge in [-0.1, -0.05) is 55.2 Å². The number of hydrogen-bond acceptors (Lipinski definition) is 25. The first-order valence-electron chi connectivity index (χ1n) is 31.4. The van der Waals surface area contributed by atoms with Gasteiger partial charge in [0.25, 0.3) is 0 Å². The Morgan fingerprint density at radius 1 is 0.782 bits per heavy atom. The van der Waals surface area contributed by atoms with E-state index >= 15 is 0 Å². The van der Waals surface area contributed by atoms with Crippen LogP contribution in [0.3, 0.4) is 0 Å². The fourth-order valence-corrected chi connectivity index (χ4v) is 12.2. The Balaban J connectivity index is 1.31. The fourth-order valence-electron chi connectivity index (χ4n) is 11.7. The molecule has 4 aliphatic rings. The molecule has 5 aromatic carbocycles. The van der Waals surface area contributed by atoms with Crippen molar-refractivity contribution in [3.63, 3.8) is 0 Å². The molecular formula is C66H79Cl2N9O24. The lowest BCUT2D eigenvalue weighted by molar-refractivity contribution is -0.333. The van der Waals surface area contributed by atoms with Crippen molar-refractivity contribution in [2.75, 3.05) is 13.7 Å². The molecule has 0 spiro atoms. The molecule has 9 rings (SSSR count). The van der Waals surface area contributed by atoms with E-state index in [1.807, 2.05) is 13.8 Å². The Morgan fingerprint density at radius 2 is 1.48 bits per heavy atom. The second-order valence-corrected chi connectivity index (χ2v) is 26.1. The Kier molecular flexibility index (Phi) is 25.0. The summed E-state index contributed by atoms with van der Waals surface area (Å²) in [5.74, 6) is -13.8. The molecule has 23 N–H and O–H groups in total. The number of nitrogens with one attached hydrogen (secondary N) is 5. The van der Waals surface area contributed by atoms with Crippen molar-refractivity contribution in [2.45, 2.75) is 157 Å². The number of amides is 7. The van der Waals surface area contributed by atoms with Crippen molar-refractivity contribution >= 4 is 70.5 Å². The molecule has 16 atom stereocenters. The third-order valence-electron chi connectivity index (χ3n) is 16.9. The van der Waals surface area contributed by atoms with Crippen LogP contribution in [0.2, 0.25) is 10.0 Å². The number of carbonyl (C=O) groups excluding carboxylic acids is 7. The molecule has 546 valence electrons. The zero-order chi connectivity index (χ0) is 74.4. The van der Waals surface area contributed by atoms with Gasteiger partial charge >= 0.3 is 5.97 Å². The van der Waals surface area contributed by atoms with Crippen molar-refractivity contribution in [2.24, 2.45) is 28.9 Å². The Bertz CT molecular complexity index is 3960. The van der Waals surface area contributed by atoms with Gasteiger partial charge in [0.05, 0.1) is 60.3 Å². The number of fused-ring (bicyclic) bond motifs is 9. The van der Waals surface area contributed by atoms with Gasteiger partial charge < -0.3 is 129 Å². The topological polar surface area (TPSA) is 558 Å². The summed E-state index contributed by atoms with van der Waals surface area (Å²) in [5.41, 5.74) is 19.9. The van der Waals surface area contributed by atoms with Crippen LogP contribution in [0.15, 0.2) is 78.9 Å². The van der Waals surface area contributed by atoms with E-state index in [1.165, 1.54) is 51.2 Å². The predicted molar refractivity (Wildman–Crippen MR) is 353 cm³/mol. The van der Waals surface area contributed by atoms with Crippen molar-refractivity contribution < 1.29 is 118 Å². The van der Waals surface area contributed by atoms with Gasteiger partial charge in [-0.15, -0.1) is 0 Å². The van der Waals surface area contributed by atoms with Gasteiger partial charge in [-0.2, -0.15) is 0 Å². The number of likely N-dealkylation sites (N-methyl/N-ethyl adjacent to an activating group) is 1. The lowest BCUT2D eigenvalue weighted by Crippen LogP contribution is -2.64. The second kappa shape index (κ2) is 32.6. The quantitative estimate of drug-likeness (QED) is 0.0471. The number of aliphatic hydroxyl groups excluding tert-OH is 6. The fraction of sp³-hybridized carbons (Fsp3) is 0.424. The Labute approximate surface area is 585 Å². The monoisotopic (exact) mass is 1450 g/mol. The normalized spacial score (nSPS) is 25.2. The maximum Gasteiger partial charge on any atom is 0.330 e. The van der Waals surface area contributed by atoms with Crippen LogP contribution in [0, 0.1) is 5.92 Å². The number of phenolic OH excluding ortho intramolecular Hbond substituents is 3. The lowest BCUT2D eigenvalue weighted by atomic mass is 9.86. The van der Waals surface area contributed by atoms with Gasteiger partial charge in [-0.3, -0.25) is 33.6 Å². The summed E-state index contributed by atoms with van der Waals surface area (Å²) in [7, 11) is 1.48. The summed E-state index contributed by atoms with van der Waals surface area (Å²) in [6, 6.07) is 5.77. The largest absolute Gasteiger partial charge is 0.508 e. The number of hydrogen-bond donors (Lipinski definition) is 19. The van der Waals surface area contributed by atoms with E-state index in [1.54, 1.807) is 0 Å².